The molecule has 0 aromatic heterocycles. The van der Waals surface area contributed by atoms with Crippen LogP contribution in [0.4, 0.5) is 0 Å². The summed E-state index contributed by atoms with van der Waals surface area (Å²) in [7, 11) is 0. The lowest BCUT2D eigenvalue weighted by molar-refractivity contribution is -0.120. The fraction of sp³-hybridized carbons (Fsp3) is 0.625. The molecule has 1 amide bonds. The van der Waals surface area contributed by atoms with Crippen LogP contribution in [0.25, 0.3) is 0 Å². The molecule has 0 radical (unpaired) electrons. The van der Waals surface area contributed by atoms with Crippen molar-refractivity contribution in [2.24, 2.45) is 5.73 Å². The number of nitrogens with two attached hydrogens (primary N) is 1. The Morgan fingerprint density at radius 2 is 2.15 bits per heavy atom. The minimum atomic E-state index is 0. The Balaban J connectivity index is 0. The highest BCUT2D eigenvalue weighted by Gasteiger charge is 2.15. The van der Waals surface area contributed by atoms with E-state index < -0.39 is 0 Å². The molecule has 0 spiro atoms. The monoisotopic (exact) mass is 188 g/mol. The number of carbonyl (C=O) groups excluding carboxylic acids is 1. The predicted octanol–water partition coefficient (Wildman–Crippen LogP) is 0.430. The van der Waals surface area contributed by atoms with Gasteiger partial charge in [-0.3, -0.25) is 4.79 Å². The molecule has 0 fully saturated rings. The normalized spacial score (nSPS) is 16.7. The third-order valence-electron chi connectivity index (χ3n) is 1.66. The summed E-state index contributed by atoms with van der Waals surface area (Å²) < 4.78 is 0. The molecule has 0 aliphatic carbocycles. The summed E-state index contributed by atoms with van der Waals surface area (Å²) in [4.78, 5) is 10.9. The molecule has 1 heterocycles. The van der Waals surface area contributed by atoms with E-state index in [1.165, 1.54) is 0 Å². The maximum Gasteiger partial charge on any atom is 0.225 e. The van der Waals surface area contributed by atoms with Crippen LogP contribution < -0.4 is 22.5 Å². The minimum absolute atomic E-state index is 0. The maximum absolute atomic E-state index is 10.9. The Labute approximate surface area is 79.8 Å². The fourth-order valence-electron chi connectivity index (χ4n) is 1.16. The molecule has 0 aromatic rings. The van der Waals surface area contributed by atoms with Crippen molar-refractivity contribution in [2.45, 2.75) is 32.7 Å². The van der Waals surface area contributed by atoms with Gasteiger partial charge in [-0.25, -0.2) is 0 Å². The van der Waals surface area contributed by atoms with Crippen molar-refractivity contribution in [1.82, 2.24) is 16.8 Å². The zero-order valence-electron chi connectivity index (χ0n) is 8.18. The van der Waals surface area contributed by atoms with Crippen molar-refractivity contribution in [3.05, 3.63) is 11.5 Å². The van der Waals surface area contributed by atoms with Gasteiger partial charge in [0.2, 0.25) is 5.91 Å². The maximum atomic E-state index is 10.9. The first kappa shape index (κ1) is 11.8. The zero-order valence-corrected chi connectivity index (χ0v) is 8.18. The Kier molecular flexibility index (Phi) is 4.27. The van der Waals surface area contributed by atoms with E-state index in [1.807, 2.05) is 13.8 Å². The van der Waals surface area contributed by atoms with Crippen molar-refractivity contribution in [1.29, 1.82) is 0 Å². The summed E-state index contributed by atoms with van der Waals surface area (Å²) in [6.45, 7) is 4.08. The van der Waals surface area contributed by atoms with Gasteiger partial charge in [-0.2, -0.15) is 0 Å². The summed E-state index contributed by atoms with van der Waals surface area (Å²) in [5, 5.41) is 5.78. The Bertz CT molecular complexity index is 227. The van der Waals surface area contributed by atoms with Gasteiger partial charge in [0.05, 0.1) is 5.70 Å². The van der Waals surface area contributed by atoms with Gasteiger partial charge in [-0.15, -0.1) is 0 Å². The first-order valence-corrected chi connectivity index (χ1v) is 4.14. The van der Waals surface area contributed by atoms with E-state index in [9.17, 15) is 4.79 Å². The van der Waals surface area contributed by atoms with Crippen LogP contribution >= 0.6 is 0 Å². The van der Waals surface area contributed by atoms with Crippen LogP contribution in [0.3, 0.4) is 0 Å². The molecule has 0 bridgehead atoms. The number of allylic oxidation sites excluding steroid dienone is 1. The van der Waals surface area contributed by atoms with E-state index >= 15 is 0 Å². The SMILES string of the molecule is CC(C)NC1=C(N)NC(=O)CC1.N.[HH]. The molecular formula is C8H20N4O. The van der Waals surface area contributed by atoms with Crippen LogP contribution in [0.5, 0.6) is 0 Å². The smallest absolute Gasteiger partial charge is 0.225 e. The molecule has 1 aliphatic heterocycles. The Morgan fingerprint density at radius 3 is 2.62 bits per heavy atom. The molecule has 0 saturated carbocycles. The van der Waals surface area contributed by atoms with Crippen LogP contribution in [0, 0.1) is 0 Å². The second-order valence-electron chi connectivity index (χ2n) is 3.24. The molecule has 13 heavy (non-hydrogen) atoms. The number of nitrogens with one attached hydrogen (secondary N) is 2. The molecule has 0 saturated heterocycles. The van der Waals surface area contributed by atoms with Crippen molar-refractivity contribution in [2.75, 3.05) is 0 Å². The van der Waals surface area contributed by atoms with E-state index in [-0.39, 0.29) is 13.5 Å². The van der Waals surface area contributed by atoms with Gasteiger partial charge in [-0.1, -0.05) is 0 Å². The molecule has 5 nitrogen and oxygen atoms in total. The largest absolute Gasteiger partial charge is 0.384 e. The first-order valence-electron chi connectivity index (χ1n) is 4.14. The predicted molar refractivity (Wildman–Crippen MR) is 54.0 cm³/mol. The van der Waals surface area contributed by atoms with E-state index in [1.54, 1.807) is 0 Å². The summed E-state index contributed by atoms with van der Waals surface area (Å²) in [6, 6.07) is 0.355. The average molecular weight is 188 g/mol. The number of hydrogen-bond acceptors (Lipinski definition) is 4. The molecule has 7 N–H and O–H groups in total. The van der Waals surface area contributed by atoms with E-state index in [0.717, 1.165) is 12.1 Å². The third-order valence-corrected chi connectivity index (χ3v) is 1.66. The molecule has 78 valence electrons. The van der Waals surface area contributed by atoms with Crippen molar-refractivity contribution in [3.8, 4) is 0 Å². The molecule has 1 rings (SSSR count). The lowest BCUT2D eigenvalue weighted by Crippen LogP contribution is -2.38. The molecule has 0 atom stereocenters. The minimum Gasteiger partial charge on any atom is -0.384 e. The average Bonchev–Trinajstić information content (AvgIpc) is 1.94. The van der Waals surface area contributed by atoms with E-state index in [2.05, 4.69) is 10.6 Å². The molecule has 5 heteroatoms. The van der Waals surface area contributed by atoms with Gasteiger partial charge in [0, 0.05) is 13.9 Å². The van der Waals surface area contributed by atoms with Crippen molar-refractivity contribution in [3.63, 3.8) is 0 Å². The number of amides is 1. The summed E-state index contributed by atoms with van der Waals surface area (Å²) >= 11 is 0. The quantitative estimate of drug-likeness (QED) is 0.504. The highest BCUT2D eigenvalue weighted by Crippen LogP contribution is 2.09. The highest BCUT2D eigenvalue weighted by atomic mass is 16.1. The number of carbonyl (C=O) groups is 1. The molecular weight excluding hydrogens is 168 g/mol. The van der Waals surface area contributed by atoms with E-state index in [4.69, 9.17) is 5.73 Å². The lowest BCUT2D eigenvalue weighted by atomic mass is 10.1. The Morgan fingerprint density at radius 1 is 1.54 bits per heavy atom. The van der Waals surface area contributed by atoms with Gasteiger partial charge in [0.1, 0.15) is 5.82 Å². The number of hydrogen-bond donors (Lipinski definition) is 4. The van der Waals surface area contributed by atoms with Crippen LogP contribution in [0.2, 0.25) is 0 Å². The number of rotatable bonds is 2. The Hall–Kier alpha value is -1.23. The summed E-state index contributed by atoms with van der Waals surface area (Å²) in [5.74, 6) is 0.474. The van der Waals surface area contributed by atoms with Gasteiger partial charge < -0.3 is 22.5 Å². The van der Waals surface area contributed by atoms with Crippen LogP contribution in [-0.2, 0) is 4.79 Å². The third kappa shape index (κ3) is 3.33. The second-order valence-corrected chi connectivity index (χ2v) is 3.24. The zero-order chi connectivity index (χ0) is 9.14. The standard InChI is InChI=1S/C8H15N3O.H3N.H2/c1-5(2)10-6-3-4-7(12)11-8(6)9;;/h5,10H,3-4,9H2,1-2H3,(H,11,12);1H3;1H. The molecule has 0 unspecified atom stereocenters. The molecule has 1 aliphatic rings. The summed E-state index contributed by atoms with van der Waals surface area (Å²) in [5.41, 5.74) is 6.55. The van der Waals surface area contributed by atoms with Gasteiger partial charge >= 0.3 is 0 Å². The van der Waals surface area contributed by atoms with Gasteiger partial charge in [0.25, 0.3) is 0 Å². The van der Waals surface area contributed by atoms with Gasteiger partial charge in [0.15, 0.2) is 0 Å². The second kappa shape index (κ2) is 4.71. The first-order chi connectivity index (χ1) is 5.59. The fourth-order valence-corrected chi connectivity index (χ4v) is 1.16. The van der Waals surface area contributed by atoms with Crippen molar-refractivity contribution >= 4 is 5.91 Å². The molecule has 0 aromatic carbocycles. The van der Waals surface area contributed by atoms with Gasteiger partial charge in [-0.05, 0) is 20.3 Å². The van der Waals surface area contributed by atoms with Crippen LogP contribution in [-0.4, -0.2) is 11.9 Å². The highest BCUT2D eigenvalue weighted by molar-refractivity contribution is 5.79. The summed E-state index contributed by atoms with van der Waals surface area (Å²) in [6.07, 6.45) is 1.24. The van der Waals surface area contributed by atoms with Crippen molar-refractivity contribution < 1.29 is 6.22 Å². The topological polar surface area (TPSA) is 102 Å². The van der Waals surface area contributed by atoms with Crippen LogP contribution in [0.1, 0.15) is 28.1 Å². The van der Waals surface area contributed by atoms with Crippen LogP contribution in [0.15, 0.2) is 11.5 Å². The van der Waals surface area contributed by atoms with E-state index in [0.29, 0.717) is 18.3 Å². The lowest BCUT2D eigenvalue weighted by Gasteiger charge is -2.21.